The Balaban J connectivity index is 1.61. The van der Waals surface area contributed by atoms with Gasteiger partial charge in [-0.1, -0.05) is 61.7 Å². The van der Waals surface area contributed by atoms with Gasteiger partial charge in [-0.25, -0.2) is 0 Å². The third-order valence-corrected chi connectivity index (χ3v) is 6.85. The summed E-state index contributed by atoms with van der Waals surface area (Å²) in [6.45, 7) is 0.369. The maximum atomic E-state index is 13.8. The zero-order valence-electron chi connectivity index (χ0n) is 18.0. The predicted molar refractivity (Wildman–Crippen MR) is 124 cm³/mol. The molecule has 1 N–H and O–H groups in total. The van der Waals surface area contributed by atoms with Crippen LogP contribution in [0.1, 0.15) is 59.6 Å². The molecule has 5 rings (SSSR count). The Bertz CT molecular complexity index is 1110. The van der Waals surface area contributed by atoms with E-state index in [0.717, 1.165) is 49.0 Å². The quantitative estimate of drug-likeness (QED) is 0.650. The van der Waals surface area contributed by atoms with Gasteiger partial charge in [-0.05, 0) is 48.7 Å². The molecule has 2 aromatic carbocycles. The fourth-order valence-electron chi connectivity index (χ4n) is 5.48. The highest BCUT2D eigenvalue weighted by Gasteiger charge is 2.55. The van der Waals surface area contributed by atoms with E-state index in [2.05, 4.69) is 10.3 Å². The number of hydrogen-bond donors (Lipinski definition) is 1. The molecule has 1 atom stereocenters. The summed E-state index contributed by atoms with van der Waals surface area (Å²) in [7, 11) is 0. The number of hydrogen-bond acceptors (Lipinski definition) is 3. The second kappa shape index (κ2) is 8.58. The monoisotopic (exact) mass is 425 g/mol. The van der Waals surface area contributed by atoms with E-state index in [-0.39, 0.29) is 11.8 Å². The van der Waals surface area contributed by atoms with Gasteiger partial charge in [0, 0.05) is 17.4 Å². The summed E-state index contributed by atoms with van der Waals surface area (Å²) in [5.74, 6) is -0.485. The van der Waals surface area contributed by atoms with Gasteiger partial charge in [-0.3, -0.25) is 14.6 Å². The molecule has 2 heterocycles. The summed E-state index contributed by atoms with van der Waals surface area (Å²) < 4.78 is 0. The van der Waals surface area contributed by atoms with E-state index < -0.39 is 11.5 Å². The summed E-state index contributed by atoms with van der Waals surface area (Å²) in [4.78, 5) is 33.9. The van der Waals surface area contributed by atoms with Gasteiger partial charge >= 0.3 is 0 Å². The molecule has 32 heavy (non-hydrogen) atoms. The largest absolute Gasteiger partial charge is 0.350 e. The van der Waals surface area contributed by atoms with Crippen LogP contribution < -0.4 is 10.2 Å². The van der Waals surface area contributed by atoms with Crippen molar-refractivity contribution in [3.8, 4) is 0 Å². The second-order valence-corrected chi connectivity index (χ2v) is 8.70. The molecule has 162 valence electrons. The Morgan fingerprint density at radius 3 is 2.41 bits per heavy atom. The van der Waals surface area contributed by atoms with Crippen molar-refractivity contribution in [3.63, 3.8) is 0 Å². The number of amides is 2. The van der Waals surface area contributed by atoms with Crippen molar-refractivity contribution >= 4 is 17.5 Å². The van der Waals surface area contributed by atoms with Gasteiger partial charge < -0.3 is 10.2 Å². The van der Waals surface area contributed by atoms with Crippen LogP contribution in [0.3, 0.4) is 0 Å². The van der Waals surface area contributed by atoms with Crippen molar-refractivity contribution in [1.82, 2.24) is 10.3 Å². The smallest absolute Gasteiger partial charge is 0.259 e. The standard InChI is InChI=1S/C27H27N3O2/c31-25(29-19-20-11-7-10-18-28-20)24-22-14-5-6-15-23(22)26(32)30(21-12-3-1-4-13-21)27(24)16-8-2-9-17-27/h1,3-7,10-15,18,24H,2,8-9,16-17,19H2,(H,29,31)/t24-/m0/s1. The van der Waals surface area contributed by atoms with E-state index in [1.54, 1.807) is 6.20 Å². The van der Waals surface area contributed by atoms with Crippen LogP contribution in [0.2, 0.25) is 0 Å². The number of anilines is 1. The van der Waals surface area contributed by atoms with E-state index in [1.165, 1.54) is 0 Å². The topological polar surface area (TPSA) is 62.3 Å². The Morgan fingerprint density at radius 2 is 1.66 bits per heavy atom. The van der Waals surface area contributed by atoms with Crippen LogP contribution in [0.25, 0.3) is 0 Å². The second-order valence-electron chi connectivity index (χ2n) is 8.70. The molecule has 5 heteroatoms. The number of pyridine rings is 1. The number of carbonyl (C=O) groups excluding carboxylic acids is 2. The van der Waals surface area contributed by atoms with E-state index in [1.807, 2.05) is 77.7 Å². The molecule has 0 radical (unpaired) electrons. The zero-order chi connectivity index (χ0) is 22.0. The van der Waals surface area contributed by atoms with E-state index in [0.29, 0.717) is 12.1 Å². The highest BCUT2D eigenvalue weighted by atomic mass is 16.2. The minimum Gasteiger partial charge on any atom is -0.350 e. The number of para-hydroxylation sites is 1. The average Bonchev–Trinajstić information content (AvgIpc) is 2.85. The van der Waals surface area contributed by atoms with E-state index in [4.69, 9.17) is 0 Å². The van der Waals surface area contributed by atoms with E-state index in [9.17, 15) is 9.59 Å². The molecular weight excluding hydrogens is 398 g/mol. The van der Waals surface area contributed by atoms with Crippen LogP contribution in [-0.2, 0) is 11.3 Å². The van der Waals surface area contributed by atoms with Gasteiger partial charge in [0.05, 0.1) is 23.7 Å². The van der Waals surface area contributed by atoms with Gasteiger partial charge in [-0.15, -0.1) is 0 Å². The SMILES string of the molecule is O=C(NCc1ccccn1)[C@@H]1c2ccccc2C(=O)N(c2ccccc2)C12CCCCC2. The van der Waals surface area contributed by atoms with Crippen LogP contribution in [0.4, 0.5) is 5.69 Å². The summed E-state index contributed by atoms with van der Waals surface area (Å²) in [5, 5.41) is 3.13. The molecule has 2 aliphatic rings. The zero-order valence-corrected chi connectivity index (χ0v) is 18.0. The van der Waals surface area contributed by atoms with Gasteiger partial charge in [-0.2, -0.15) is 0 Å². The minimum atomic E-state index is -0.570. The van der Waals surface area contributed by atoms with Crippen LogP contribution in [0.5, 0.6) is 0 Å². The number of carbonyl (C=O) groups is 2. The van der Waals surface area contributed by atoms with Crippen molar-refractivity contribution in [2.24, 2.45) is 0 Å². The molecule has 0 bridgehead atoms. The molecule has 1 saturated carbocycles. The maximum Gasteiger partial charge on any atom is 0.259 e. The third-order valence-electron chi connectivity index (χ3n) is 6.85. The minimum absolute atomic E-state index is 0.0116. The van der Waals surface area contributed by atoms with Crippen LogP contribution in [0.15, 0.2) is 79.0 Å². The first-order chi connectivity index (χ1) is 15.7. The lowest BCUT2D eigenvalue weighted by Crippen LogP contribution is -2.63. The Hall–Kier alpha value is -3.47. The number of fused-ring (bicyclic) bond motifs is 1. The van der Waals surface area contributed by atoms with Crippen molar-refractivity contribution in [1.29, 1.82) is 0 Å². The highest BCUT2D eigenvalue weighted by Crippen LogP contribution is 2.50. The first-order valence-corrected chi connectivity index (χ1v) is 11.4. The van der Waals surface area contributed by atoms with Crippen LogP contribution in [0, 0.1) is 0 Å². The fourth-order valence-corrected chi connectivity index (χ4v) is 5.48. The summed E-state index contributed by atoms with van der Waals surface area (Å²) in [5.41, 5.74) is 2.56. The average molecular weight is 426 g/mol. The molecule has 3 aromatic rings. The lowest BCUT2D eigenvalue weighted by atomic mass is 9.65. The molecule has 1 aromatic heterocycles. The van der Waals surface area contributed by atoms with Crippen LogP contribution in [-0.4, -0.2) is 22.3 Å². The lowest BCUT2D eigenvalue weighted by Gasteiger charge is -2.53. The molecule has 1 aliphatic heterocycles. The molecule has 1 spiro atoms. The van der Waals surface area contributed by atoms with Crippen LogP contribution >= 0.6 is 0 Å². The van der Waals surface area contributed by atoms with E-state index >= 15 is 0 Å². The fraction of sp³-hybridized carbons (Fsp3) is 0.296. The van der Waals surface area contributed by atoms with Gasteiger partial charge in [0.15, 0.2) is 0 Å². The summed E-state index contributed by atoms with van der Waals surface area (Å²) >= 11 is 0. The van der Waals surface area contributed by atoms with Crippen molar-refractivity contribution in [2.45, 2.75) is 50.1 Å². The Kier molecular flexibility index (Phi) is 5.48. The normalized spacial score (nSPS) is 19.4. The molecule has 1 fully saturated rings. The number of nitrogens with zero attached hydrogens (tertiary/aromatic N) is 2. The third kappa shape index (κ3) is 3.48. The molecule has 5 nitrogen and oxygen atoms in total. The van der Waals surface area contributed by atoms with Crippen molar-refractivity contribution in [3.05, 3.63) is 95.8 Å². The number of aromatic nitrogens is 1. The molecule has 2 amide bonds. The number of benzene rings is 2. The predicted octanol–water partition coefficient (Wildman–Crippen LogP) is 4.84. The number of rotatable bonds is 4. The van der Waals surface area contributed by atoms with Crippen molar-refractivity contribution < 1.29 is 9.59 Å². The molecule has 0 saturated heterocycles. The Morgan fingerprint density at radius 1 is 0.938 bits per heavy atom. The molecular formula is C27H27N3O2. The van der Waals surface area contributed by atoms with Crippen molar-refractivity contribution in [2.75, 3.05) is 4.90 Å². The Labute approximate surface area is 188 Å². The molecule has 1 aliphatic carbocycles. The van der Waals surface area contributed by atoms with Gasteiger partial charge in [0.25, 0.3) is 5.91 Å². The maximum absolute atomic E-state index is 13.8. The van der Waals surface area contributed by atoms with Gasteiger partial charge in [0.2, 0.25) is 5.91 Å². The number of nitrogens with one attached hydrogen (secondary N) is 1. The lowest BCUT2D eigenvalue weighted by molar-refractivity contribution is -0.124. The first kappa shape index (κ1) is 20.4. The highest BCUT2D eigenvalue weighted by molar-refractivity contribution is 6.12. The summed E-state index contributed by atoms with van der Waals surface area (Å²) in [6.07, 6.45) is 6.48. The van der Waals surface area contributed by atoms with Gasteiger partial charge in [0.1, 0.15) is 0 Å². The summed E-state index contributed by atoms with van der Waals surface area (Å²) in [6, 6.07) is 23.1. The molecule has 0 unspecified atom stereocenters. The first-order valence-electron chi connectivity index (χ1n) is 11.4.